The molecule has 1 aliphatic rings. The molecule has 0 bridgehead atoms. The molecule has 162 valence electrons. The van der Waals surface area contributed by atoms with E-state index in [1.807, 2.05) is 6.92 Å². The van der Waals surface area contributed by atoms with E-state index < -0.39 is 15.9 Å². The van der Waals surface area contributed by atoms with Gasteiger partial charge in [-0.3, -0.25) is 9.89 Å². The molecule has 0 radical (unpaired) electrons. The fourth-order valence-electron chi connectivity index (χ4n) is 3.74. The summed E-state index contributed by atoms with van der Waals surface area (Å²) in [6, 6.07) is 14.4. The van der Waals surface area contributed by atoms with Crippen molar-refractivity contribution in [3.63, 3.8) is 0 Å². The van der Waals surface area contributed by atoms with Gasteiger partial charge in [-0.05, 0) is 62.2 Å². The van der Waals surface area contributed by atoms with Crippen LogP contribution in [0.25, 0.3) is 11.3 Å². The number of sulfonamides is 1. The fourth-order valence-corrected chi connectivity index (χ4v) is 5.44. The van der Waals surface area contributed by atoms with Gasteiger partial charge < -0.3 is 10.4 Å². The predicted octanol–water partition coefficient (Wildman–Crippen LogP) is 3.60. The van der Waals surface area contributed by atoms with Crippen LogP contribution in [0.1, 0.15) is 36.7 Å². The SMILES string of the molecule is C[C@@H]1CCCCN1S(=O)(=O)c1ccc(NC(=O)c2cc(-c3ccccc3O)n[nH]2)cc1. The molecule has 1 amide bonds. The lowest BCUT2D eigenvalue weighted by Gasteiger charge is -2.32. The number of H-pyrrole nitrogens is 1. The quantitative estimate of drug-likeness (QED) is 0.561. The minimum Gasteiger partial charge on any atom is -0.507 e. The number of hydrogen-bond donors (Lipinski definition) is 3. The van der Waals surface area contributed by atoms with Gasteiger partial charge in [0.1, 0.15) is 11.4 Å². The number of nitrogens with zero attached hydrogens (tertiary/aromatic N) is 2. The highest BCUT2D eigenvalue weighted by Crippen LogP contribution is 2.28. The number of aromatic amines is 1. The van der Waals surface area contributed by atoms with E-state index in [0.717, 1.165) is 19.3 Å². The summed E-state index contributed by atoms with van der Waals surface area (Å²) in [5.74, 6) is -0.352. The van der Waals surface area contributed by atoms with E-state index in [9.17, 15) is 18.3 Å². The van der Waals surface area contributed by atoms with Gasteiger partial charge in [0, 0.05) is 23.8 Å². The smallest absolute Gasteiger partial charge is 0.273 e. The number of amides is 1. The second-order valence-corrected chi connectivity index (χ2v) is 9.51. The normalized spacial score (nSPS) is 17.4. The van der Waals surface area contributed by atoms with Crippen molar-refractivity contribution in [2.45, 2.75) is 37.1 Å². The Hall–Kier alpha value is -3.17. The Morgan fingerprint density at radius 2 is 1.90 bits per heavy atom. The van der Waals surface area contributed by atoms with Gasteiger partial charge in [-0.25, -0.2) is 8.42 Å². The number of rotatable bonds is 5. The summed E-state index contributed by atoms with van der Waals surface area (Å²) >= 11 is 0. The minimum atomic E-state index is -3.56. The zero-order valence-electron chi connectivity index (χ0n) is 17.1. The van der Waals surface area contributed by atoms with Gasteiger partial charge in [0.05, 0.1) is 10.6 Å². The number of aromatic hydroxyl groups is 1. The Morgan fingerprint density at radius 1 is 1.16 bits per heavy atom. The number of nitrogens with one attached hydrogen (secondary N) is 2. The Kier molecular flexibility index (Phi) is 5.79. The first-order chi connectivity index (χ1) is 14.9. The van der Waals surface area contributed by atoms with E-state index in [1.54, 1.807) is 46.8 Å². The van der Waals surface area contributed by atoms with Gasteiger partial charge in [-0.2, -0.15) is 9.40 Å². The van der Waals surface area contributed by atoms with Gasteiger partial charge in [0.25, 0.3) is 5.91 Å². The molecule has 0 aliphatic carbocycles. The highest BCUT2D eigenvalue weighted by atomic mass is 32.2. The van der Waals surface area contributed by atoms with Crippen molar-refractivity contribution in [3.8, 4) is 17.0 Å². The number of hydrogen-bond acceptors (Lipinski definition) is 5. The molecule has 9 heteroatoms. The molecule has 31 heavy (non-hydrogen) atoms. The van der Waals surface area contributed by atoms with Gasteiger partial charge in [0.2, 0.25) is 10.0 Å². The molecule has 1 fully saturated rings. The molecule has 1 aliphatic heterocycles. The van der Waals surface area contributed by atoms with Crippen LogP contribution in [0.15, 0.2) is 59.5 Å². The lowest BCUT2D eigenvalue weighted by molar-refractivity contribution is 0.102. The van der Waals surface area contributed by atoms with Crippen LogP contribution >= 0.6 is 0 Å². The number of carbonyl (C=O) groups is 1. The predicted molar refractivity (Wildman–Crippen MR) is 117 cm³/mol. The lowest BCUT2D eigenvalue weighted by Crippen LogP contribution is -2.41. The van der Waals surface area contributed by atoms with Crippen LogP contribution in [0.3, 0.4) is 0 Å². The maximum atomic E-state index is 12.9. The van der Waals surface area contributed by atoms with E-state index in [1.165, 1.54) is 12.1 Å². The summed E-state index contributed by atoms with van der Waals surface area (Å²) in [4.78, 5) is 12.8. The molecular weight excluding hydrogens is 416 g/mol. The molecule has 2 heterocycles. The topological polar surface area (TPSA) is 115 Å². The summed E-state index contributed by atoms with van der Waals surface area (Å²) in [6.07, 6.45) is 2.77. The molecule has 0 saturated carbocycles. The Bertz CT molecular complexity index is 1190. The second-order valence-electron chi connectivity index (χ2n) is 7.62. The second kappa shape index (κ2) is 8.52. The minimum absolute atomic E-state index is 0.0169. The van der Waals surface area contributed by atoms with Crippen LogP contribution in [0.4, 0.5) is 5.69 Å². The Morgan fingerprint density at radius 3 is 2.61 bits per heavy atom. The molecule has 1 saturated heterocycles. The zero-order chi connectivity index (χ0) is 22.0. The Labute approximate surface area is 181 Å². The van der Waals surface area contributed by atoms with E-state index in [4.69, 9.17) is 0 Å². The van der Waals surface area contributed by atoms with E-state index in [0.29, 0.717) is 23.5 Å². The molecular formula is C22H24N4O4S. The monoisotopic (exact) mass is 440 g/mol. The van der Waals surface area contributed by atoms with Gasteiger partial charge in [-0.15, -0.1) is 0 Å². The first kappa shape index (κ1) is 21.1. The molecule has 0 spiro atoms. The highest BCUT2D eigenvalue weighted by Gasteiger charge is 2.30. The van der Waals surface area contributed by atoms with Crippen LogP contribution in [-0.4, -0.2) is 46.5 Å². The third-order valence-corrected chi connectivity index (χ3v) is 7.49. The van der Waals surface area contributed by atoms with E-state index >= 15 is 0 Å². The first-order valence-corrected chi connectivity index (χ1v) is 11.6. The van der Waals surface area contributed by atoms with Crippen molar-refractivity contribution in [1.82, 2.24) is 14.5 Å². The maximum absolute atomic E-state index is 12.9. The van der Waals surface area contributed by atoms with Crippen LogP contribution in [0.2, 0.25) is 0 Å². The maximum Gasteiger partial charge on any atom is 0.273 e. The number of aromatic nitrogens is 2. The third-order valence-electron chi connectivity index (χ3n) is 5.46. The molecule has 2 aromatic carbocycles. The molecule has 1 atom stereocenters. The third kappa shape index (κ3) is 4.33. The average molecular weight is 441 g/mol. The van der Waals surface area contributed by atoms with Crippen LogP contribution in [-0.2, 0) is 10.0 Å². The van der Waals surface area contributed by atoms with E-state index in [2.05, 4.69) is 15.5 Å². The summed E-state index contributed by atoms with van der Waals surface area (Å²) in [6.45, 7) is 2.46. The van der Waals surface area contributed by atoms with Crippen LogP contribution in [0.5, 0.6) is 5.75 Å². The van der Waals surface area contributed by atoms with Crippen molar-refractivity contribution >= 4 is 21.6 Å². The fraction of sp³-hybridized carbons (Fsp3) is 0.273. The van der Waals surface area contributed by atoms with Crippen molar-refractivity contribution < 1.29 is 18.3 Å². The van der Waals surface area contributed by atoms with Gasteiger partial charge in [0.15, 0.2) is 0 Å². The molecule has 0 unspecified atom stereocenters. The number of phenols is 1. The largest absolute Gasteiger partial charge is 0.507 e. The number of phenolic OH excluding ortho intramolecular Hbond substituents is 1. The number of anilines is 1. The van der Waals surface area contributed by atoms with Gasteiger partial charge >= 0.3 is 0 Å². The summed E-state index contributed by atoms with van der Waals surface area (Å²) in [7, 11) is -3.56. The summed E-state index contributed by atoms with van der Waals surface area (Å²) in [5.41, 5.74) is 1.64. The van der Waals surface area contributed by atoms with Crippen molar-refractivity contribution in [2.24, 2.45) is 0 Å². The number of piperidine rings is 1. The standard InChI is InChI=1S/C22H24N4O4S/c1-15-6-4-5-13-26(15)31(29,30)17-11-9-16(10-12-17)23-22(28)20-14-19(24-25-20)18-7-2-3-8-21(18)27/h2-3,7-12,14-15,27H,4-6,13H2,1H3,(H,23,28)(H,24,25)/t15-/m1/s1. The number of benzene rings is 2. The summed E-state index contributed by atoms with van der Waals surface area (Å²) in [5, 5.41) is 19.4. The lowest BCUT2D eigenvalue weighted by atomic mass is 10.1. The Balaban J connectivity index is 1.47. The average Bonchev–Trinajstić information content (AvgIpc) is 3.25. The van der Waals surface area contributed by atoms with Crippen molar-refractivity contribution in [1.29, 1.82) is 0 Å². The molecule has 8 nitrogen and oxygen atoms in total. The zero-order valence-corrected chi connectivity index (χ0v) is 17.9. The molecule has 1 aromatic heterocycles. The molecule has 4 rings (SSSR count). The van der Waals surface area contributed by atoms with Crippen LogP contribution in [0, 0.1) is 0 Å². The first-order valence-electron chi connectivity index (χ1n) is 10.1. The van der Waals surface area contributed by atoms with Crippen molar-refractivity contribution in [3.05, 3.63) is 60.3 Å². The highest BCUT2D eigenvalue weighted by molar-refractivity contribution is 7.89. The summed E-state index contributed by atoms with van der Waals surface area (Å²) < 4.78 is 27.4. The van der Waals surface area contributed by atoms with Crippen molar-refractivity contribution in [2.75, 3.05) is 11.9 Å². The molecule has 3 aromatic rings. The number of para-hydroxylation sites is 1. The number of carbonyl (C=O) groups excluding carboxylic acids is 1. The molecule has 3 N–H and O–H groups in total. The van der Waals surface area contributed by atoms with Crippen LogP contribution < -0.4 is 5.32 Å². The van der Waals surface area contributed by atoms with E-state index in [-0.39, 0.29) is 22.4 Å². The van der Waals surface area contributed by atoms with Gasteiger partial charge in [-0.1, -0.05) is 18.6 Å².